The molecule has 12 heavy (non-hydrogen) atoms. The van der Waals surface area contributed by atoms with Gasteiger partial charge in [-0.25, -0.2) is 0 Å². The van der Waals surface area contributed by atoms with Crippen LogP contribution in [0.3, 0.4) is 0 Å². The number of hydrogen-bond donors (Lipinski definition) is 1. The van der Waals surface area contributed by atoms with E-state index in [1.165, 1.54) is 24.0 Å². The number of allylic oxidation sites excluding steroid dienone is 1. The largest absolute Gasteiger partial charge is 0.392 e. The molecule has 1 unspecified atom stereocenters. The third kappa shape index (κ3) is 1.42. The van der Waals surface area contributed by atoms with E-state index in [1.807, 2.05) is 0 Å². The topological polar surface area (TPSA) is 20.2 Å². The average Bonchev–Trinajstić information content (AvgIpc) is 1.98. The van der Waals surface area contributed by atoms with Crippen LogP contribution in [0.15, 0.2) is 11.1 Å². The Morgan fingerprint density at radius 3 is 2.50 bits per heavy atom. The molecule has 0 saturated carbocycles. The maximum atomic E-state index is 9.26. The fourth-order valence-corrected chi connectivity index (χ4v) is 2.13. The van der Waals surface area contributed by atoms with Gasteiger partial charge in [0, 0.05) is 0 Å². The molecule has 0 heterocycles. The van der Waals surface area contributed by atoms with E-state index in [2.05, 4.69) is 27.7 Å². The lowest BCUT2D eigenvalue weighted by atomic mass is 9.66. The summed E-state index contributed by atoms with van der Waals surface area (Å²) < 4.78 is 0. The maximum absolute atomic E-state index is 9.26. The van der Waals surface area contributed by atoms with Crippen LogP contribution in [-0.4, -0.2) is 11.7 Å². The second-order valence-corrected chi connectivity index (χ2v) is 4.58. The molecule has 0 bridgehead atoms. The van der Waals surface area contributed by atoms with Crippen LogP contribution < -0.4 is 0 Å². The summed E-state index contributed by atoms with van der Waals surface area (Å²) in [4.78, 5) is 0. The van der Waals surface area contributed by atoms with Crippen molar-refractivity contribution in [1.29, 1.82) is 0 Å². The molecule has 0 radical (unpaired) electrons. The van der Waals surface area contributed by atoms with Gasteiger partial charge in [-0.15, -0.1) is 0 Å². The Hall–Kier alpha value is -0.300. The zero-order valence-corrected chi connectivity index (χ0v) is 8.65. The molecule has 1 N–H and O–H groups in total. The van der Waals surface area contributed by atoms with E-state index >= 15 is 0 Å². The lowest BCUT2D eigenvalue weighted by Crippen LogP contribution is -2.30. The van der Waals surface area contributed by atoms with Gasteiger partial charge >= 0.3 is 0 Å². The molecular formula is C11H20O. The highest BCUT2D eigenvalue weighted by molar-refractivity contribution is 5.23. The van der Waals surface area contributed by atoms with Gasteiger partial charge in [-0.05, 0) is 36.7 Å². The Balaban J connectivity index is 3.00. The SMILES string of the molecule is CC1=C(CO)C(C)(C)C(C)CC1. The highest BCUT2D eigenvalue weighted by atomic mass is 16.3. The number of rotatable bonds is 1. The molecule has 1 aliphatic carbocycles. The summed E-state index contributed by atoms with van der Waals surface area (Å²) in [5, 5.41) is 9.26. The highest BCUT2D eigenvalue weighted by Crippen LogP contribution is 2.43. The molecule has 0 aliphatic heterocycles. The van der Waals surface area contributed by atoms with Gasteiger partial charge in [0.15, 0.2) is 0 Å². The van der Waals surface area contributed by atoms with Gasteiger partial charge in [0.1, 0.15) is 0 Å². The fraction of sp³-hybridized carbons (Fsp3) is 0.818. The lowest BCUT2D eigenvalue weighted by molar-refractivity contribution is 0.204. The van der Waals surface area contributed by atoms with Crippen molar-refractivity contribution in [3.05, 3.63) is 11.1 Å². The van der Waals surface area contributed by atoms with Gasteiger partial charge in [0.05, 0.1) is 6.61 Å². The van der Waals surface area contributed by atoms with E-state index < -0.39 is 0 Å². The average molecular weight is 168 g/mol. The molecule has 0 amide bonds. The Bertz CT molecular complexity index is 201. The van der Waals surface area contributed by atoms with Crippen molar-refractivity contribution in [2.24, 2.45) is 11.3 Å². The minimum absolute atomic E-state index is 0.205. The lowest BCUT2D eigenvalue weighted by Gasteiger charge is -2.39. The molecular weight excluding hydrogens is 148 g/mol. The van der Waals surface area contributed by atoms with Crippen LogP contribution in [0.25, 0.3) is 0 Å². The molecule has 0 spiro atoms. The van der Waals surface area contributed by atoms with E-state index in [0.717, 1.165) is 0 Å². The Morgan fingerprint density at radius 2 is 2.08 bits per heavy atom. The summed E-state index contributed by atoms with van der Waals surface area (Å²) in [5.41, 5.74) is 2.87. The first-order valence-corrected chi connectivity index (χ1v) is 4.80. The van der Waals surface area contributed by atoms with Gasteiger partial charge in [0.25, 0.3) is 0 Å². The molecule has 1 atom stereocenters. The molecule has 1 nitrogen and oxygen atoms in total. The number of hydrogen-bond acceptors (Lipinski definition) is 1. The third-order valence-electron chi connectivity index (χ3n) is 3.64. The summed E-state index contributed by atoms with van der Waals surface area (Å²) in [6.07, 6.45) is 2.43. The first kappa shape index (κ1) is 9.79. The van der Waals surface area contributed by atoms with Crippen LogP contribution >= 0.6 is 0 Å². The summed E-state index contributed by atoms with van der Waals surface area (Å²) >= 11 is 0. The summed E-state index contributed by atoms with van der Waals surface area (Å²) in [6, 6.07) is 0. The fourth-order valence-electron chi connectivity index (χ4n) is 2.13. The van der Waals surface area contributed by atoms with Crippen LogP contribution in [0.5, 0.6) is 0 Å². The zero-order valence-electron chi connectivity index (χ0n) is 8.65. The van der Waals surface area contributed by atoms with Crippen LogP contribution in [-0.2, 0) is 0 Å². The predicted molar refractivity (Wildman–Crippen MR) is 52.0 cm³/mol. The molecule has 0 aromatic rings. The van der Waals surface area contributed by atoms with E-state index in [9.17, 15) is 5.11 Å². The van der Waals surface area contributed by atoms with E-state index in [1.54, 1.807) is 0 Å². The van der Waals surface area contributed by atoms with Gasteiger partial charge < -0.3 is 5.11 Å². The minimum Gasteiger partial charge on any atom is -0.392 e. The van der Waals surface area contributed by atoms with Crippen molar-refractivity contribution >= 4 is 0 Å². The van der Waals surface area contributed by atoms with Crippen LogP contribution in [0.2, 0.25) is 0 Å². The maximum Gasteiger partial charge on any atom is 0.0649 e. The monoisotopic (exact) mass is 168 g/mol. The van der Waals surface area contributed by atoms with Crippen LogP contribution in [0.1, 0.15) is 40.5 Å². The first-order chi connectivity index (χ1) is 5.50. The molecule has 0 aromatic carbocycles. The van der Waals surface area contributed by atoms with E-state index in [-0.39, 0.29) is 12.0 Å². The third-order valence-corrected chi connectivity index (χ3v) is 3.64. The van der Waals surface area contributed by atoms with Crippen LogP contribution in [0, 0.1) is 11.3 Å². The normalized spacial score (nSPS) is 29.2. The molecule has 0 fully saturated rings. The highest BCUT2D eigenvalue weighted by Gasteiger charge is 2.33. The number of aliphatic hydroxyl groups is 1. The van der Waals surface area contributed by atoms with Crippen LogP contribution in [0.4, 0.5) is 0 Å². The predicted octanol–water partition coefficient (Wildman–Crippen LogP) is 2.75. The quantitative estimate of drug-likeness (QED) is 0.597. The second-order valence-electron chi connectivity index (χ2n) is 4.58. The van der Waals surface area contributed by atoms with Crippen molar-refractivity contribution in [3.63, 3.8) is 0 Å². The summed E-state index contributed by atoms with van der Waals surface area (Å²) in [5.74, 6) is 0.698. The standard InChI is InChI=1S/C11H20O/c1-8-5-6-9(2)11(3,4)10(8)7-12/h9,12H,5-7H2,1-4H3. The van der Waals surface area contributed by atoms with Crippen molar-refractivity contribution < 1.29 is 5.11 Å². The smallest absolute Gasteiger partial charge is 0.0649 e. The summed E-state index contributed by atoms with van der Waals surface area (Å²) in [6.45, 7) is 9.15. The molecule has 1 aliphatic rings. The van der Waals surface area contributed by atoms with Crippen molar-refractivity contribution in [2.75, 3.05) is 6.61 Å². The van der Waals surface area contributed by atoms with Crippen molar-refractivity contribution in [3.8, 4) is 0 Å². The zero-order chi connectivity index (χ0) is 9.35. The van der Waals surface area contributed by atoms with Crippen molar-refractivity contribution in [2.45, 2.75) is 40.5 Å². The van der Waals surface area contributed by atoms with Crippen molar-refractivity contribution in [1.82, 2.24) is 0 Å². The van der Waals surface area contributed by atoms with Gasteiger partial charge in [-0.2, -0.15) is 0 Å². The molecule has 1 heteroatoms. The van der Waals surface area contributed by atoms with E-state index in [4.69, 9.17) is 0 Å². The second kappa shape index (κ2) is 3.21. The summed E-state index contributed by atoms with van der Waals surface area (Å²) in [7, 11) is 0. The van der Waals surface area contributed by atoms with Gasteiger partial charge in [-0.3, -0.25) is 0 Å². The molecule has 70 valence electrons. The molecule has 0 aromatic heterocycles. The van der Waals surface area contributed by atoms with E-state index in [0.29, 0.717) is 5.92 Å². The molecule has 0 saturated heterocycles. The Morgan fingerprint density at radius 1 is 1.50 bits per heavy atom. The Labute approximate surface area is 75.5 Å². The first-order valence-electron chi connectivity index (χ1n) is 4.80. The minimum atomic E-state index is 0.205. The Kier molecular flexibility index (Phi) is 2.62. The van der Waals surface area contributed by atoms with Gasteiger partial charge in [0.2, 0.25) is 0 Å². The molecule has 1 rings (SSSR count). The van der Waals surface area contributed by atoms with Gasteiger partial charge in [-0.1, -0.05) is 26.3 Å². The number of aliphatic hydroxyl groups excluding tert-OH is 1.